The van der Waals surface area contributed by atoms with Gasteiger partial charge in [0.1, 0.15) is 5.76 Å². The van der Waals surface area contributed by atoms with Gasteiger partial charge in [-0.2, -0.15) is 5.26 Å². The molecule has 0 bridgehead atoms. The first kappa shape index (κ1) is 12.9. The normalized spacial score (nSPS) is 9.89. The molecule has 2 rings (SSSR count). The fraction of sp³-hybridized carbons (Fsp3) is 0.143. The molecule has 1 amide bonds. The van der Waals surface area contributed by atoms with Gasteiger partial charge in [0.2, 0.25) is 0 Å². The van der Waals surface area contributed by atoms with Crippen LogP contribution in [0.3, 0.4) is 0 Å². The number of anilines is 1. The van der Waals surface area contributed by atoms with Gasteiger partial charge in [0, 0.05) is 5.69 Å². The number of furan rings is 1. The van der Waals surface area contributed by atoms with Crippen LogP contribution in [0.15, 0.2) is 40.8 Å². The maximum atomic E-state index is 11.9. The Hall–Kier alpha value is -2.58. The molecule has 5 nitrogen and oxygen atoms in total. The van der Waals surface area contributed by atoms with E-state index >= 15 is 0 Å². The molecule has 1 heterocycles. The molecule has 5 heteroatoms. The molecule has 0 spiro atoms. The zero-order valence-electron chi connectivity index (χ0n) is 10.4. The van der Waals surface area contributed by atoms with E-state index in [1.165, 1.54) is 0 Å². The van der Waals surface area contributed by atoms with E-state index in [0.717, 1.165) is 0 Å². The fourth-order valence-electron chi connectivity index (χ4n) is 1.63. The molecule has 0 saturated carbocycles. The second-order valence-corrected chi connectivity index (χ2v) is 3.94. The van der Waals surface area contributed by atoms with Crippen molar-refractivity contribution in [3.05, 3.63) is 53.5 Å². The van der Waals surface area contributed by atoms with Crippen LogP contribution in [0.2, 0.25) is 0 Å². The zero-order valence-corrected chi connectivity index (χ0v) is 10.4. The molecule has 1 aromatic heterocycles. The second-order valence-electron chi connectivity index (χ2n) is 3.94. The lowest BCUT2D eigenvalue weighted by Crippen LogP contribution is -2.11. The van der Waals surface area contributed by atoms with Gasteiger partial charge in [0.05, 0.1) is 18.2 Å². The minimum Gasteiger partial charge on any atom is -0.455 e. The Balaban J connectivity index is 2.09. The Morgan fingerprint density at radius 1 is 1.37 bits per heavy atom. The van der Waals surface area contributed by atoms with Crippen molar-refractivity contribution in [3.8, 4) is 6.07 Å². The molecular weight excluding hydrogens is 242 g/mol. The standard InChI is InChI=1S/C14H13N3O2/c1-16-9-12-5-6-13(19-12)14(18)17-11-4-2-3-10(7-11)8-15/h2-7,16H,9H2,1H3,(H,17,18). The van der Waals surface area contributed by atoms with Crippen molar-refractivity contribution in [2.24, 2.45) is 0 Å². The Kier molecular flexibility index (Phi) is 3.96. The summed E-state index contributed by atoms with van der Waals surface area (Å²) in [6.07, 6.45) is 0. The van der Waals surface area contributed by atoms with Gasteiger partial charge in [-0.25, -0.2) is 0 Å². The molecule has 0 saturated heterocycles. The number of nitriles is 1. The lowest BCUT2D eigenvalue weighted by Gasteiger charge is -2.03. The fourth-order valence-corrected chi connectivity index (χ4v) is 1.63. The van der Waals surface area contributed by atoms with Crippen molar-refractivity contribution in [2.45, 2.75) is 6.54 Å². The van der Waals surface area contributed by atoms with Gasteiger partial charge >= 0.3 is 0 Å². The Bertz CT molecular complexity index is 626. The summed E-state index contributed by atoms with van der Waals surface area (Å²) in [7, 11) is 1.80. The van der Waals surface area contributed by atoms with Crippen LogP contribution in [0, 0.1) is 11.3 Å². The van der Waals surface area contributed by atoms with Crippen LogP contribution in [-0.4, -0.2) is 13.0 Å². The molecule has 19 heavy (non-hydrogen) atoms. The summed E-state index contributed by atoms with van der Waals surface area (Å²) in [6, 6.07) is 12.1. The third-order valence-electron chi connectivity index (χ3n) is 2.49. The number of benzene rings is 1. The Labute approximate surface area is 110 Å². The van der Waals surface area contributed by atoms with E-state index in [1.807, 2.05) is 6.07 Å². The summed E-state index contributed by atoms with van der Waals surface area (Å²) < 4.78 is 5.38. The average Bonchev–Trinajstić information content (AvgIpc) is 2.88. The molecule has 2 aromatic rings. The first-order chi connectivity index (χ1) is 9.22. The highest BCUT2D eigenvalue weighted by molar-refractivity contribution is 6.02. The summed E-state index contributed by atoms with van der Waals surface area (Å²) in [4.78, 5) is 11.9. The molecule has 0 radical (unpaired) electrons. The van der Waals surface area contributed by atoms with Crippen LogP contribution in [0.1, 0.15) is 21.9 Å². The number of hydrogen-bond donors (Lipinski definition) is 2. The van der Waals surface area contributed by atoms with Gasteiger partial charge in [-0.15, -0.1) is 0 Å². The maximum absolute atomic E-state index is 11.9. The molecule has 2 N–H and O–H groups in total. The highest BCUT2D eigenvalue weighted by atomic mass is 16.4. The van der Waals surface area contributed by atoms with Crippen LogP contribution in [0.5, 0.6) is 0 Å². The van der Waals surface area contributed by atoms with E-state index in [4.69, 9.17) is 9.68 Å². The molecule has 1 aromatic carbocycles. The van der Waals surface area contributed by atoms with Crippen molar-refractivity contribution in [2.75, 3.05) is 12.4 Å². The lowest BCUT2D eigenvalue weighted by molar-refractivity contribution is 0.0995. The first-order valence-electron chi connectivity index (χ1n) is 5.78. The molecule has 0 aliphatic carbocycles. The summed E-state index contributed by atoms with van der Waals surface area (Å²) >= 11 is 0. The third kappa shape index (κ3) is 3.21. The largest absolute Gasteiger partial charge is 0.455 e. The van der Waals surface area contributed by atoms with Crippen molar-refractivity contribution in [1.29, 1.82) is 5.26 Å². The van der Waals surface area contributed by atoms with Gasteiger partial charge < -0.3 is 15.1 Å². The molecule has 0 atom stereocenters. The molecule has 0 fully saturated rings. The molecular formula is C14H13N3O2. The van der Waals surface area contributed by atoms with Gasteiger partial charge in [-0.05, 0) is 37.4 Å². The van der Waals surface area contributed by atoms with Crippen molar-refractivity contribution in [1.82, 2.24) is 5.32 Å². The van der Waals surface area contributed by atoms with Crippen LogP contribution in [-0.2, 0) is 6.54 Å². The maximum Gasteiger partial charge on any atom is 0.291 e. The van der Waals surface area contributed by atoms with Crippen LogP contribution >= 0.6 is 0 Å². The van der Waals surface area contributed by atoms with E-state index < -0.39 is 0 Å². The predicted octanol–water partition coefficient (Wildman–Crippen LogP) is 2.12. The monoisotopic (exact) mass is 255 g/mol. The summed E-state index contributed by atoms with van der Waals surface area (Å²) in [5, 5.41) is 14.4. The second kappa shape index (κ2) is 5.85. The number of nitrogens with one attached hydrogen (secondary N) is 2. The zero-order chi connectivity index (χ0) is 13.7. The summed E-state index contributed by atoms with van der Waals surface area (Å²) in [5.74, 6) is 0.600. The number of amides is 1. The van der Waals surface area contributed by atoms with E-state index in [1.54, 1.807) is 43.4 Å². The van der Waals surface area contributed by atoms with E-state index in [0.29, 0.717) is 23.6 Å². The minimum atomic E-state index is -0.336. The van der Waals surface area contributed by atoms with Gasteiger partial charge in [-0.3, -0.25) is 4.79 Å². The Morgan fingerprint density at radius 3 is 2.95 bits per heavy atom. The molecule has 0 unspecified atom stereocenters. The van der Waals surface area contributed by atoms with Gasteiger partial charge in [0.25, 0.3) is 5.91 Å². The van der Waals surface area contributed by atoms with E-state index in [-0.39, 0.29) is 11.7 Å². The first-order valence-corrected chi connectivity index (χ1v) is 5.78. The van der Waals surface area contributed by atoms with Crippen molar-refractivity contribution < 1.29 is 9.21 Å². The third-order valence-corrected chi connectivity index (χ3v) is 2.49. The van der Waals surface area contributed by atoms with Crippen molar-refractivity contribution in [3.63, 3.8) is 0 Å². The SMILES string of the molecule is CNCc1ccc(C(=O)Nc2cccc(C#N)c2)o1. The highest BCUT2D eigenvalue weighted by Crippen LogP contribution is 2.13. The quantitative estimate of drug-likeness (QED) is 0.877. The number of carbonyl (C=O) groups is 1. The minimum absolute atomic E-state index is 0.243. The number of nitrogens with zero attached hydrogens (tertiary/aromatic N) is 1. The van der Waals surface area contributed by atoms with E-state index in [9.17, 15) is 4.79 Å². The smallest absolute Gasteiger partial charge is 0.291 e. The molecule has 96 valence electrons. The summed E-state index contributed by atoms with van der Waals surface area (Å²) in [5.41, 5.74) is 1.06. The molecule has 0 aliphatic heterocycles. The topological polar surface area (TPSA) is 78.1 Å². The predicted molar refractivity (Wildman–Crippen MR) is 70.6 cm³/mol. The average molecular weight is 255 g/mol. The van der Waals surface area contributed by atoms with Crippen LogP contribution in [0.4, 0.5) is 5.69 Å². The van der Waals surface area contributed by atoms with Crippen molar-refractivity contribution >= 4 is 11.6 Å². The number of carbonyl (C=O) groups excluding carboxylic acids is 1. The number of rotatable bonds is 4. The summed E-state index contributed by atoms with van der Waals surface area (Å²) in [6.45, 7) is 0.567. The van der Waals surface area contributed by atoms with Gasteiger partial charge in [0.15, 0.2) is 5.76 Å². The lowest BCUT2D eigenvalue weighted by atomic mass is 10.2. The van der Waals surface area contributed by atoms with Crippen LogP contribution < -0.4 is 10.6 Å². The number of hydrogen-bond acceptors (Lipinski definition) is 4. The van der Waals surface area contributed by atoms with Crippen LogP contribution in [0.25, 0.3) is 0 Å². The highest BCUT2D eigenvalue weighted by Gasteiger charge is 2.11. The molecule has 0 aliphatic rings. The van der Waals surface area contributed by atoms with E-state index in [2.05, 4.69) is 10.6 Å². The van der Waals surface area contributed by atoms with Gasteiger partial charge in [-0.1, -0.05) is 6.07 Å². The Morgan fingerprint density at radius 2 is 2.21 bits per heavy atom.